The van der Waals surface area contributed by atoms with Crippen LogP contribution >= 0.6 is 11.3 Å². The molecule has 2 amide bonds. The maximum atomic E-state index is 12.7. The second kappa shape index (κ2) is 6.45. The van der Waals surface area contributed by atoms with Crippen molar-refractivity contribution in [2.75, 3.05) is 13.1 Å². The van der Waals surface area contributed by atoms with Crippen molar-refractivity contribution < 1.29 is 9.59 Å². The van der Waals surface area contributed by atoms with E-state index in [-0.39, 0.29) is 17.7 Å². The molecular formula is C16H18N4O2S. The summed E-state index contributed by atoms with van der Waals surface area (Å²) in [5, 5.41) is 0. The summed E-state index contributed by atoms with van der Waals surface area (Å²) >= 11 is 1.51. The van der Waals surface area contributed by atoms with Crippen molar-refractivity contribution in [2.45, 2.75) is 19.8 Å². The first kappa shape index (κ1) is 15.6. The summed E-state index contributed by atoms with van der Waals surface area (Å²) in [6.07, 6.45) is 2.91. The predicted octanol–water partition coefficient (Wildman–Crippen LogP) is 1.85. The number of primary amides is 1. The molecule has 23 heavy (non-hydrogen) atoms. The smallest absolute Gasteiger partial charge is 0.253 e. The lowest BCUT2D eigenvalue weighted by Gasteiger charge is -2.30. The van der Waals surface area contributed by atoms with E-state index in [1.165, 1.54) is 11.3 Å². The van der Waals surface area contributed by atoms with Crippen LogP contribution in [0.15, 0.2) is 23.8 Å². The highest BCUT2D eigenvalue weighted by Crippen LogP contribution is 2.26. The van der Waals surface area contributed by atoms with E-state index in [2.05, 4.69) is 9.97 Å². The molecule has 0 radical (unpaired) electrons. The highest BCUT2D eigenvalue weighted by atomic mass is 32.1. The molecule has 7 heteroatoms. The van der Waals surface area contributed by atoms with Gasteiger partial charge in [0.15, 0.2) is 0 Å². The van der Waals surface area contributed by atoms with Gasteiger partial charge in [-0.3, -0.25) is 14.6 Å². The molecule has 3 rings (SSSR count). The zero-order valence-corrected chi connectivity index (χ0v) is 13.7. The number of hydrogen-bond donors (Lipinski definition) is 1. The van der Waals surface area contributed by atoms with Crippen LogP contribution in [0.5, 0.6) is 0 Å². The Labute approximate surface area is 138 Å². The molecule has 0 aliphatic carbocycles. The summed E-state index contributed by atoms with van der Waals surface area (Å²) in [6.45, 7) is 3.05. The van der Waals surface area contributed by atoms with Gasteiger partial charge in [-0.15, -0.1) is 11.3 Å². The van der Waals surface area contributed by atoms with Crippen LogP contribution in [0, 0.1) is 12.8 Å². The second-order valence-corrected chi connectivity index (χ2v) is 6.52. The van der Waals surface area contributed by atoms with Crippen LogP contribution in [0.2, 0.25) is 0 Å². The first-order chi connectivity index (χ1) is 11.1. The summed E-state index contributed by atoms with van der Waals surface area (Å²) in [5.74, 6) is -0.422. The minimum absolute atomic E-state index is 0.0289. The first-order valence-electron chi connectivity index (χ1n) is 7.51. The molecule has 0 atom stereocenters. The second-order valence-electron chi connectivity index (χ2n) is 5.67. The lowest BCUT2D eigenvalue weighted by molar-refractivity contribution is -0.123. The van der Waals surface area contributed by atoms with E-state index in [1.54, 1.807) is 22.7 Å². The minimum Gasteiger partial charge on any atom is -0.369 e. The van der Waals surface area contributed by atoms with E-state index < -0.39 is 0 Å². The first-order valence-corrected chi connectivity index (χ1v) is 8.39. The van der Waals surface area contributed by atoms with Gasteiger partial charge >= 0.3 is 0 Å². The molecule has 0 spiro atoms. The van der Waals surface area contributed by atoms with Crippen LogP contribution in [-0.4, -0.2) is 39.8 Å². The van der Waals surface area contributed by atoms with Crippen molar-refractivity contribution in [3.63, 3.8) is 0 Å². The highest BCUT2D eigenvalue weighted by Gasteiger charge is 2.26. The zero-order valence-electron chi connectivity index (χ0n) is 12.9. The van der Waals surface area contributed by atoms with Gasteiger partial charge in [0.1, 0.15) is 0 Å². The summed E-state index contributed by atoms with van der Waals surface area (Å²) < 4.78 is 0. The van der Waals surface area contributed by atoms with Crippen LogP contribution < -0.4 is 5.73 Å². The Balaban J connectivity index is 1.76. The Morgan fingerprint density at radius 2 is 2.04 bits per heavy atom. The number of rotatable bonds is 3. The van der Waals surface area contributed by atoms with E-state index >= 15 is 0 Å². The SMILES string of the molecule is Cc1ncsc1-c1cc(C(=O)N2CCC(C(N)=O)CC2)ccn1. The standard InChI is InChI=1S/C16H18N4O2S/c1-10-14(23-9-19-10)13-8-12(2-5-18-13)16(22)20-6-3-11(4-7-20)15(17)21/h2,5,8-9,11H,3-4,6-7H2,1H3,(H2,17,21). The van der Waals surface area contributed by atoms with Crippen LogP contribution in [0.1, 0.15) is 28.9 Å². The highest BCUT2D eigenvalue weighted by molar-refractivity contribution is 7.13. The number of pyridine rings is 1. The van der Waals surface area contributed by atoms with Gasteiger partial charge in [-0.2, -0.15) is 0 Å². The third-order valence-electron chi connectivity index (χ3n) is 4.17. The Bertz CT molecular complexity index is 735. The van der Waals surface area contributed by atoms with Crippen molar-refractivity contribution in [1.29, 1.82) is 0 Å². The molecule has 0 aromatic carbocycles. The Morgan fingerprint density at radius 1 is 1.30 bits per heavy atom. The number of amides is 2. The summed E-state index contributed by atoms with van der Waals surface area (Å²) in [6, 6.07) is 3.53. The molecule has 2 aromatic heterocycles. The fraction of sp³-hybridized carbons (Fsp3) is 0.375. The number of aryl methyl sites for hydroxylation is 1. The number of aromatic nitrogens is 2. The monoisotopic (exact) mass is 330 g/mol. The summed E-state index contributed by atoms with van der Waals surface area (Å²) in [4.78, 5) is 35.2. The molecule has 0 bridgehead atoms. The minimum atomic E-state index is -0.274. The van der Waals surface area contributed by atoms with Crippen molar-refractivity contribution in [2.24, 2.45) is 11.7 Å². The Kier molecular flexibility index (Phi) is 4.38. The number of hydrogen-bond acceptors (Lipinski definition) is 5. The average Bonchev–Trinajstić information content (AvgIpc) is 3.00. The van der Waals surface area contributed by atoms with Crippen LogP contribution in [-0.2, 0) is 4.79 Å². The molecule has 1 aliphatic heterocycles. The van der Waals surface area contributed by atoms with Crippen molar-refractivity contribution in [3.8, 4) is 10.6 Å². The van der Waals surface area contributed by atoms with Crippen molar-refractivity contribution >= 4 is 23.2 Å². The Hall–Kier alpha value is -2.28. The molecule has 1 aliphatic rings. The lowest BCUT2D eigenvalue weighted by atomic mass is 9.96. The largest absolute Gasteiger partial charge is 0.369 e. The van der Waals surface area contributed by atoms with Gasteiger partial charge in [0.05, 0.1) is 21.8 Å². The third-order valence-corrected chi connectivity index (χ3v) is 5.12. The third kappa shape index (κ3) is 3.24. The number of nitrogens with two attached hydrogens (primary N) is 1. The van der Waals surface area contributed by atoms with Crippen molar-refractivity contribution in [3.05, 3.63) is 35.1 Å². The van der Waals surface area contributed by atoms with Gasteiger partial charge in [-0.05, 0) is 31.9 Å². The average molecular weight is 330 g/mol. The van der Waals surface area contributed by atoms with Crippen molar-refractivity contribution in [1.82, 2.24) is 14.9 Å². The summed E-state index contributed by atoms with van der Waals surface area (Å²) in [7, 11) is 0. The fourth-order valence-corrected chi connectivity index (χ4v) is 3.56. The van der Waals surface area contributed by atoms with Crippen LogP contribution in [0.4, 0.5) is 0 Å². The quantitative estimate of drug-likeness (QED) is 0.930. The maximum absolute atomic E-state index is 12.7. The zero-order chi connectivity index (χ0) is 16.4. The molecule has 1 saturated heterocycles. The molecule has 3 heterocycles. The molecule has 120 valence electrons. The fourth-order valence-electron chi connectivity index (χ4n) is 2.79. The van der Waals surface area contributed by atoms with E-state index in [1.807, 2.05) is 13.0 Å². The number of carbonyl (C=O) groups excluding carboxylic acids is 2. The molecular weight excluding hydrogens is 312 g/mol. The van der Waals surface area contributed by atoms with Gasteiger partial charge in [0.25, 0.3) is 5.91 Å². The molecule has 1 fully saturated rings. The number of likely N-dealkylation sites (tertiary alicyclic amines) is 1. The number of piperidine rings is 1. The molecule has 0 saturated carbocycles. The van der Waals surface area contributed by atoms with E-state index in [0.717, 1.165) is 16.3 Å². The normalized spacial score (nSPS) is 15.6. The van der Waals surface area contributed by atoms with Crippen LogP contribution in [0.25, 0.3) is 10.6 Å². The number of nitrogens with zero attached hydrogens (tertiary/aromatic N) is 3. The molecule has 2 aromatic rings. The van der Waals surface area contributed by atoms with Gasteiger partial charge < -0.3 is 10.6 Å². The van der Waals surface area contributed by atoms with Gasteiger partial charge in [0.2, 0.25) is 5.91 Å². The van der Waals surface area contributed by atoms with E-state index in [0.29, 0.717) is 31.5 Å². The summed E-state index contributed by atoms with van der Waals surface area (Å²) in [5.41, 5.74) is 9.40. The van der Waals surface area contributed by atoms with Gasteiger partial charge in [0, 0.05) is 30.8 Å². The Morgan fingerprint density at radius 3 is 2.65 bits per heavy atom. The predicted molar refractivity (Wildman–Crippen MR) is 87.9 cm³/mol. The molecule has 0 unspecified atom stereocenters. The topological polar surface area (TPSA) is 89.2 Å². The molecule has 6 nitrogen and oxygen atoms in total. The van der Waals surface area contributed by atoms with Gasteiger partial charge in [-0.25, -0.2) is 4.98 Å². The van der Waals surface area contributed by atoms with E-state index in [4.69, 9.17) is 5.73 Å². The molecule has 2 N–H and O–H groups in total. The van der Waals surface area contributed by atoms with Gasteiger partial charge in [-0.1, -0.05) is 0 Å². The number of thiazole rings is 1. The van der Waals surface area contributed by atoms with Crippen LogP contribution in [0.3, 0.4) is 0 Å². The number of carbonyl (C=O) groups is 2. The lowest BCUT2D eigenvalue weighted by Crippen LogP contribution is -2.41. The maximum Gasteiger partial charge on any atom is 0.253 e. The van der Waals surface area contributed by atoms with E-state index in [9.17, 15) is 9.59 Å².